The summed E-state index contributed by atoms with van der Waals surface area (Å²) in [5.41, 5.74) is -2.43. The van der Waals surface area contributed by atoms with E-state index in [4.69, 9.17) is 0 Å². The van der Waals surface area contributed by atoms with Crippen LogP contribution in [-0.2, 0) is 0 Å². The van der Waals surface area contributed by atoms with Gasteiger partial charge in [0.2, 0.25) is 0 Å². The monoisotopic (exact) mass is 474 g/mol. The lowest BCUT2D eigenvalue weighted by atomic mass is 9.85. The standard InChI is InChI=1S/C26H10F8/c27-11-5-6-14(17(30)9-11)20-12-3-1-2-4-13(12)21(23-16(29)8-7-15(28)22(20)23)24-25(33)18(31)10-19(32)26(24)34/h1-10H. The average Bonchev–Trinajstić information content (AvgIpc) is 2.80. The highest BCUT2D eigenvalue weighted by Gasteiger charge is 2.28. The molecule has 0 radical (unpaired) electrons. The number of fused-ring (bicyclic) bond motifs is 2. The first kappa shape index (κ1) is 21.9. The van der Waals surface area contributed by atoms with Crippen LogP contribution in [0.25, 0.3) is 43.8 Å². The van der Waals surface area contributed by atoms with E-state index >= 15 is 8.78 Å². The molecule has 0 aliphatic carbocycles. The van der Waals surface area contributed by atoms with Crippen LogP contribution < -0.4 is 0 Å². The number of halogens is 8. The van der Waals surface area contributed by atoms with Gasteiger partial charge in [0, 0.05) is 39.6 Å². The molecular weight excluding hydrogens is 464 g/mol. The summed E-state index contributed by atoms with van der Waals surface area (Å²) in [5, 5.41) is -1.47. The Balaban J connectivity index is 2.12. The highest BCUT2D eigenvalue weighted by Crippen LogP contribution is 2.47. The summed E-state index contributed by atoms with van der Waals surface area (Å²) >= 11 is 0. The molecule has 0 aliphatic heterocycles. The van der Waals surface area contributed by atoms with Crippen LogP contribution in [0.15, 0.2) is 60.7 Å². The Morgan fingerprint density at radius 1 is 0.412 bits per heavy atom. The molecule has 170 valence electrons. The molecule has 0 nitrogen and oxygen atoms in total. The number of benzene rings is 5. The van der Waals surface area contributed by atoms with Crippen LogP contribution in [0.3, 0.4) is 0 Å². The normalized spacial score (nSPS) is 11.5. The van der Waals surface area contributed by atoms with E-state index in [1.54, 1.807) is 0 Å². The van der Waals surface area contributed by atoms with Crippen molar-refractivity contribution in [3.63, 3.8) is 0 Å². The zero-order valence-corrected chi connectivity index (χ0v) is 16.8. The first-order chi connectivity index (χ1) is 16.2. The number of rotatable bonds is 2. The van der Waals surface area contributed by atoms with Crippen molar-refractivity contribution in [2.24, 2.45) is 0 Å². The molecule has 5 aromatic carbocycles. The van der Waals surface area contributed by atoms with E-state index < -0.39 is 68.4 Å². The van der Waals surface area contributed by atoms with Crippen LogP contribution in [0.2, 0.25) is 0 Å². The summed E-state index contributed by atoms with van der Waals surface area (Å²) in [6, 6.07) is 9.30. The molecule has 8 heteroatoms. The molecule has 34 heavy (non-hydrogen) atoms. The van der Waals surface area contributed by atoms with Gasteiger partial charge in [-0.25, -0.2) is 35.1 Å². The smallest absolute Gasteiger partial charge is 0.169 e. The second-order valence-electron chi connectivity index (χ2n) is 7.54. The SMILES string of the molecule is Fc1ccc(-c2c3ccccc3c(-c3c(F)c(F)cc(F)c3F)c3c(F)ccc(F)c23)c(F)c1. The van der Waals surface area contributed by atoms with Gasteiger partial charge in [-0.15, -0.1) is 0 Å². The Labute approximate surface area is 186 Å². The van der Waals surface area contributed by atoms with Crippen molar-refractivity contribution in [3.05, 3.63) is 107 Å². The van der Waals surface area contributed by atoms with Gasteiger partial charge in [0.25, 0.3) is 0 Å². The molecule has 0 N–H and O–H groups in total. The zero-order valence-electron chi connectivity index (χ0n) is 16.8. The molecule has 5 aromatic rings. The van der Waals surface area contributed by atoms with E-state index in [-0.39, 0.29) is 28.0 Å². The average molecular weight is 474 g/mol. The van der Waals surface area contributed by atoms with E-state index in [0.29, 0.717) is 12.1 Å². The van der Waals surface area contributed by atoms with Crippen molar-refractivity contribution in [1.29, 1.82) is 0 Å². The van der Waals surface area contributed by atoms with Gasteiger partial charge in [-0.1, -0.05) is 24.3 Å². The molecule has 0 aliphatic rings. The van der Waals surface area contributed by atoms with E-state index in [9.17, 15) is 26.3 Å². The lowest BCUT2D eigenvalue weighted by Crippen LogP contribution is -2.02. The van der Waals surface area contributed by atoms with Gasteiger partial charge in [0.1, 0.15) is 23.3 Å². The van der Waals surface area contributed by atoms with Crippen molar-refractivity contribution >= 4 is 21.5 Å². The van der Waals surface area contributed by atoms with E-state index in [1.807, 2.05) is 0 Å². The highest BCUT2D eigenvalue weighted by molar-refractivity contribution is 6.21. The summed E-state index contributed by atoms with van der Waals surface area (Å²) in [7, 11) is 0. The third-order valence-electron chi connectivity index (χ3n) is 5.63. The van der Waals surface area contributed by atoms with Crippen LogP contribution >= 0.6 is 0 Å². The lowest BCUT2D eigenvalue weighted by Gasteiger charge is -2.19. The second kappa shape index (κ2) is 7.83. The van der Waals surface area contributed by atoms with Crippen molar-refractivity contribution in [1.82, 2.24) is 0 Å². The van der Waals surface area contributed by atoms with Crippen molar-refractivity contribution in [2.45, 2.75) is 0 Å². The Hall–Kier alpha value is -3.94. The van der Waals surface area contributed by atoms with E-state index in [2.05, 4.69) is 0 Å². The fourth-order valence-corrected chi connectivity index (χ4v) is 4.25. The Morgan fingerprint density at radius 2 is 0.941 bits per heavy atom. The predicted molar refractivity (Wildman–Crippen MR) is 112 cm³/mol. The molecule has 0 saturated carbocycles. The van der Waals surface area contributed by atoms with Gasteiger partial charge in [-0.3, -0.25) is 0 Å². The predicted octanol–water partition coefficient (Wildman–Crippen LogP) is 8.44. The maximum atomic E-state index is 15.2. The van der Waals surface area contributed by atoms with Crippen molar-refractivity contribution in [3.8, 4) is 22.3 Å². The van der Waals surface area contributed by atoms with Crippen molar-refractivity contribution < 1.29 is 35.1 Å². The largest absolute Gasteiger partial charge is 0.207 e. The summed E-state index contributed by atoms with van der Waals surface area (Å²) < 4.78 is 117. The topological polar surface area (TPSA) is 0 Å². The molecule has 0 amide bonds. The molecule has 0 saturated heterocycles. The second-order valence-corrected chi connectivity index (χ2v) is 7.54. The molecule has 0 atom stereocenters. The Kier molecular flexibility index (Phi) is 5.04. The van der Waals surface area contributed by atoms with Gasteiger partial charge < -0.3 is 0 Å². The minimum atomic E-state index is -1.81. The van der Waals surface area contributed by atoms with Crippen LogP contribution in [0.4, 0.5) is 35.1 Å². The minimum Gasteiger partial charge on any atom is -0.207 e. The quantitative estimate of drug-likeness (QED) is 0.137. The zero-order chi connectivity index (χ0) is 24.3. The highest BCUT2D eigenvalue weighted by atomic mass is 19.2. The third kappa shape index (κ3) is 3.13. The van der Waals surface area contributed by atoms with Crippen molar-refractivity contribution in [2.75, 3.05) is 0 Å². The molecular formula is C26H10F8. The molecule has 0 bridgehead atoms. The minimum absolute atomic E-state index is 0.00223. The molecule has 0 heterocycles. The fraction of sp³-hybridized carbons (Fsp3) is 0. The van der Waals surface area contributed by atoms with Gasteiger partial charge >= 0.3 is 0 Å². The van der Waals surface area contributed by atoms with Gasteiger partial charge in [-0.2, -0.15) is 0 Å². The molecule has 0 aromatic heterocycles. The Bertz CT molecular complexity index is 1610. The van der Waals surface area contributed by atoms with Crippen LogP contribution in [0, 0.1) is 46.5 Å². The van der Waals surface area contributed by atoms with E-state index in [0.717, 1.165) is 18.2 Å². The number of hydrogen-bond donors (Lipinski definition) is 0. The van der Waals surface area contributed by atoms with Crippen LogP contribution in [-0.4, -0.2) is 0 Å². The molecule has 5 rings (SSSR count). The lowest BCUT2D eigenvalue weighted by molar-refractivity contribution is 0.458. The molecule has 0 unspecified atom stereocenters. The number of hydrogen-bond acceptors (Lipinski definition) is 0. The summed E-state index contributed by atoms with van der Waals surface area (Å²) in [6.45, 7) is 0. The van der Waals surface area contributed by atoms with Gasteiger partial charge in [-0.05, 0) is 35.0 Å². The fourth-order valence-electron chi connectivity index (χ4n) is 4.25. The first-order valence-corrected chi connectivity index (χ1v) is 9.82. The maximum absolute atomic E-state index is 15.2. The van der Waals surface area contributed by atoms with E-state index in [1.165, 1.54) is 24.3 Å². The molecule has 0 spiro atoms. The third-order valence-corrected chi connectivity index (χ3v) is 5.63. The summed E-state index contributed by atoms with van der Waals surface area (Å²) in [4.78, 5) is 0. The van der Waals surface area contributed by atoms with Gasteiger partial charge in [0.05, 0.1) is 5.56 Å². The van der Waals surface area contributed by atoms with Crippen LogP contribution in [0.1, 0.15) is 0 Å². The first-order valence-electron chi connectivity index (χ1n) is 9.82. The maximum Gasteiger partial charge on any atom is 0.169 e. The Morgan fingerprint density at radius 3 is 1.50 bits per heavy atom. The summed E-state index contributed by atoms with van der Waals surface area (Å²) in [5.74, 6) is -11.4. The van der Waals surface area contributed by atoms with Crippen LogP contribution in [0.5, 0.6) is 0 Å². The molecule has 0 fully saturated rings. The van der Waals surface area contributed by atoms with Gasteiger partial charge in [0.15, 0.2) is 23.3 Å². The summed E-state index contributed by atoms with van der Waals surface area (Å²) in [6.07, 6.45) is 0.